The van der Waals surface area contributed by atoms with Crippen molar-refractivity contribution in [3.8, 4) is 0 Å². The van der Waals surface area contributed by atoms with Gasteiger partial charge in [-0.1, -0.05) is 39.0 Å². The van der Waals surface area contributed by atoms with Crippen molar-refractivity contribution in [2.24, 2.45) is 5.41 Å². The van der Waals surface area contributed by atoms with Crippen LogP contribution in [0.3, 0.4) is 0 Å². The van der Waals surface area contributed by atoms with Gasteiger partial charge in [0, 0.05) is 17.5 Å². The molecule has 0 spiro atoms. The van der Waals surface area contributed by atoms with Crippen molar-refractivity contribution >= 4 is 17.5 Å². The van der Waals surface area contributed by atoms with E-state index in [0.29, 0.717) is 5.56 Å². The molecule has 0 saturated heterocycles. The van der Waals surface area contributed by atoms with E-state index in [4.69, 9.17) is 0 Å². The normalized spacial score (nSPS) is 11.7. The zero-order valence-electron chi connectivity index (χ0n) is 10.1. The summed E-state index contributed by atoms with van der Waals surface area (Å²) in [6.07, 6.45) is 3.06. The molecule has 4 nitrogen and oxygen atoms in total. The van der Waals surface area contributed by atoms with Crippen LogP contribution in [0.2, 0.25) is 0 Å². The van der Waals surface area contributed by atoms with Crippen LogP contribution in [0.25, 0.3) is 6.08 Å². The summed E-state index contributed by atoms with van der Waals surface area (Å²) < 4.78 is 0. The van der Waals surface area contributed by atoms with Gasteiger partial charge >= 0.3 is 0 Å². The van der Waals surface area contributed by atoms with Crippen LogP contribution in [-0.2, 0) is 4.79 Å². The lowest BCUT2D eigenvalue weighted by atomic mass is 9.90. The number of benzene rings is 1. The highest BCUT2D eigenvalue weighted by Gasteiger charge is 2.17. The monoisotopic (exact) mass is 233 g/mol. The molecule has 0 radical (unpaired) electrons. The lowest BCUT2D eigenvalue weighted by molar-refractivity contribution is -0.384. The van der Waals surface area contributed by atoms with E-state index in [2.05, 4.69) is 0 Å². The Balaban J connectivity index is 2.89. The fourth-order valence-corrected chi connectivity index (χ4v) is 1.16. The van der Waals surface area contributed by atoms with Gasteiger partial charge in [0.15, 0.2) is 5.78 Å². The highest BCUT2D eigenvalue weighted by molar-refractivity contribution is 5.97. The summed E-state index contributed by atoms with van der Waals surface area (Å²) in [5.41, 5.74) is 0.240. The lowest BCUT2D eigenvalue weighted by Gasteiger charge is -2.12. The number of carbonyl (C=O) groups excluding carboxylic acids is 1. The Morgan fingerprint density at radius 1 is 1.35 bits per heavy atom. The van der Waals surface area contributed by atoms with Gasteiger partial charge in [-0.3, -0.25) is 14.9 Å². The molecular formula is C13H15NO3. The largest absolute Gasteiger partial charge is 0.294 e. The third kappa shape index (κ3) is 3.83. The van der Waals surface area contributed by atoms with E-state index in [0.717, 1.165) is 0 Å². The SMILES string of the molecule is CC(C)(C)C(=O)/C=C/c1cccc([N+](=O)[O-])c1. The Labute approximate surface area is 100 Å². The summed E-state index contributed by atoms with van der Waals surface area (Å²) in [7, 11) is 0. The van der Waals surface area contributed by atoms with Crippen LogP contribution in [0.5, 0.6) is 0 Å². The second kappa shape index (κ2) is 4.91. The molecule has 0 heterocycles. The number of ketones is 1. The Kier molecular flexibility index (Phi) is 3.78. The van der Waals surface area contributed by atoms with Crippen molar-refractivity contribution in [2.45, 2.75) is 20.8 Å². The molecule has 0 aliphatic carbocycles. The highest BCUT2D eigenvalue weighted by atomic mass is 16.6. The molecule has 1 aromatic carbocycles. The minimum atomic E-state index is -0.455. The summed E-state index contributed by atoms with van der Waals surface area (Å²) in [6, 6.07) is 6.17. The van der Waals surface area contributed by atoms with Crippen molar-refractivity contribution < 1.29 is 9.72 Å². The second-order valence-corrected chi connectivity index (χ2v) is 4.80. The molecule has 0 bridgehead atoms. The van der Waals surface area contributed by atoms with Crippen LogP contribution in [0.15, 0.2) is 30.3 Å². The first-order chi connectivity index (χ1) is 7.80. The molecule has 1 aromatic rings. The predicted octanol–water partition coefficient (Wildman–Crippen LogP) is 3.22. The van der Waals surface area contributed by atoms with Gasteiger partial charge in [-0.2, -0.15) is 0 Å². The van der Waals surface area contributed by atoms with Crippen LogP contribution in [0.4, 0.5) is 5.69 Å². The van der Waals surface area contributed by atoms with E-state index in [1.165, 1.54) is 18.2 Å². The predicted molar refractivity (Wildman–Crippen MR) is 66.6 cm³/mol. The molecule has 0 amide bonds. The Hall–Kier alpha value is -1.97. The molecule has 0 fully saturated rings. The van der Waals surface area contributed by atoms with E-state index in [-0.39, 0.29) is 11.5 Å². The maximum atomic E-state index is 11.6. The van der Waals surface area contributed by atoms with E-state index < -0.39 is 10.3 Å². The first-order valence-corrected chi connectivity index (χ1v) is 5.27. The lowest BCUT2D eigenvalue weighted by Crippen LogP contribution is -2.17. The standard InChI is InChI=1S/C13H15NO3/c1-13(2,3)12(15)8-7-10-5-4-6-11(9-10)14(16)17/h4-9H,1-3H3/b8-7+. The quantitative estimate of drug-likeness (QED) is 0.457. The summed E-state index contributed by atoms with van der Waals surface area (Å²) in [5, 5.41) is 10.6. The first kappa shape index (κ1) is 13.1. The molecule has 17 heavy (non-hydrogen) atoms. The number of carbonyl (C=O) groups is 1. The third-order valence-electron chi connectivity index (χ3n) is 2.25. The molecule has 0 N–H and O–H groups in total. The van der Waals surface area contributed by atoms with Crippen LogP contribution in [0.1, 0.15) is 26.3 Å². The maximum Gasteiger partial charge on any atom is 0.270 e. The van der Waals surface area contributed by atoms with Gasteiger partial charge in [-0.05, 0) is 11.6 Å². The minimum Gasteiger partial charge on any atom is -0.294 e. The van der Waals surface area contributed by atoms with Crippen molar-refractivity contribution in [1.82, 2.24) is 0 Å². The van der Waals surface area contributed by atoms with Crippen molar-refractivity contribution in [1.29, 1.82) is 0 Å². The number of hydrogen-bond acceptors (Lipinski definition) is 3. The number of rotatable bonds is 3. The fourth-order valence-electron chi connectivity index (χ4n) is 1.16. The van der Waals surface area contributed by atoms with E-state index in [1.807, 2.05) is 20.8 Å². The average molecular weight is 233 g/mol. The molecule has 4 heteroatoms. The zero-order valence-corrected chi connectivity index (χ0v) is 10.1. The van der Waals surface area contributed by atoms with Crippen molar-refractivity contribution in [3.05, 3.63) is 46.0 Å². The highest BCUT2D eigenvalue weighted by Crippen LogP contribution is 2.18. The van der Waals surface area contributed by atoms with E-state index in [1.54, 1.807) is 18.2 Å². The van der Waals surface area contributed by atoms with Gasteiger partial charge in [0.2, 0.25) is 0 Å². The van der Waals surface area contributed by atoms with Crippen LogP contribution in [-0.4, -0.2) is 10.7 Å². The van der Waals surface area contributed by atoms with Crippen molar-refractivity contribution in [3.63, 3.8) is 0 Å². The van der Waals surface area contributed by atoms with Crippen LogP contribution in [0, 0.1) is 15.5 Å². The summed E-state index contributed by atoms with van der Waals surface area (Å²) in [6.45, 7) is 5.48. The molecule has 0 unspecified atom stereocenters. The third-order valence-corrected chi connectivity index (χ3v) is 2.25. The number of nitro groups is 1. The van der Waals surface area contributed by atoms with Crippen molar-refractivity contribution in [2.75, 3.05) is 0 Å². The number of nitrogens with zero attached hydrogens (tertiary/aromatic N) is 1. The molecule has 0 aromatic heterocycles. The number of non-ortho nitro benzene ring substituents is 1. The Morgan fingerprint density at radius 2 is 2.00 bits per heavy atom. The summed E-state index contributed by atoms with van der Waals surface area (Å²) in [4.78, 5) is 21.7. The van der Waals surface area contributed by atoms with Gasteiger partial charge in [-0.25, -0.2) is 0 Å². The van der Waals surface area contributed by atoms with Gasteiger partial charge in [0.1, 0.15) is 0 Å². The van der Waals surface area contributed by atoms with Crippen LogP contribution < -0.4 is 0 Å². The Morgan fingerprint density at radius 3 is 2.53 bits per heavy atom. The van der Waals surface area contributed by atoms with E-state index >= 15 is 0 Å². The fraction of sp³-hybridized carbons (Fsp3) is 0.308. The summed E-state index contributed by atoms with van der Waals surface area (Å²) in [5.74, 6) is -0.0102. The van der Waals surface area contributed by atoms with Gasteiger partial charge in [0.05, 0.1) is 4.92 Å². The first-order valence-electron chi connectivity index (χ1n) is 5.27. The summed E-state index contributed by atoms with van der Waals surface area (Å²) >= 11 is 0. The van der Waals surface area contributed by atoms with Gasteiger partial charge in [-0.15, -0.1) is 0 Å². The molecule has 1 rings (SSSR count). The Bertz CT molecular complexity index is 470. The molecule has 0 saturated carbocycles. The number of nitro benzene ring substituents is 1. The maximum absolute atomic E-state index is 11.6. The molecule has 0 aliphatic heterocycles. The van der Waals surface area contributed by atoms with Gasteiger partial charge in [0.25, 0.3) is 5.69 Å². The molecule has 90 valence electrons. The zero-order chi connectivity index (χ0) is 13.1. The molecule has 0 atom stereocenters. The second-order valence-electron chi connectivity index (χ2n) is 4.80. The smallest absolute Gasteiger partial charge is 0.270 e. The minimum absolute atomic E-state index is 0.0102. The molecule has 0 aliphatic rings. The number of allylic oxidation sites excluding steroid dienone is 1. The topological polar surface area (TPSA) is 60.2 Å². The average Bonchev–Trinajstić information content (AvgIpc) is 2.25. The molecular weight excluding hydrogens is 218 g/mol. The van der Waals surface area contributed by atoms with E-state index in [9.17, 15) is 14.9 Å². The van der Waals surface area contributed by atoms with Crippen LogP contribution >= 0.6 is 0 Å². The number of hydrogen-bond donors (Lipinski definition) is 0. The van der Waals surface area contributed by atoms with Gasteiger partial charge < -0.3 is 0 Å².